The highest BCUT2D eigenvalue weighted by atomic mass is 32.2. The Kier molecular flexibility index (Phi) is 8.37. The number of hydrogen-bond donors (Lipinski definition) is 2. The highest BCUT2D eigenvalue weighted by Gasteiger charge is 2.25. The number of anilines is 1. The Morgan fingerprint density at radius 2 is 2.14 bits per heavy atom. The van der Waals surface area contributed by atoms with Crippen LogP contribution in [0.25, 0.3) is 0 Å². The molecule has 9 heteroatoms. The lowest BCUT2D eigenvalue weighted by Crippen LogP contribution is -2.45. The van der Waals surface area contributed by atoms with Crippen LogP contribution in [-0.4, -0.2) is 77.9 Å². The molecule has 0 spiro atoms. The topological polar surface area (TPSA) is 86.3 Å². The predicted molar refractivity (Wildman–Crippen MR) is 115 cm³/mol. The number of guanidine groups is 1. The fourth-order valence-corrected chi connectivity index (χ4v) is 4.33. The van der Waals surface area contributed by atoms with Crippen molar-refractivity contribution in [3.63, 3.8) is 0 Å². The van der Waals surface area contributed by atoms with Gasteiger partial charge in [0, 0.05) is 45.8 Å². The largest absolute Gasteiger partial charge is 0.495 e. The van der Waals surface area contributed by atoms with Crippen molar-refractivity contribution in [1.29, 1.82) is 0 Å². The normalized spacial score (nSPS) is 17.8. The summed E-state index contributed by atoms with van der Waals surface area (Å²) in [7, 11) is 0.307. The van der Waals surface area contributed by atoms with Crippen molar-refractivity contribution >= 4 is 21.7 Å². The van der Waals surface area contributed by atoms with Crippen molar-refractivity contribution in [2.45, 2.75) is 25.8 Å². The number of nitrogens with one attached hydrogen (secondary N) is 2. The van der Waals surface area contributed by atoms with Gasteiger partial charge in [0.2, 0.25) is 10.0 Å². The van der Waals surface area contributed by atoms with E-state index >= 15 is 0 Å². The zero-order valence-corrected chi connectivity index (χ0v) is 18.1. The Hall–Kier alpha value is -2.00. The lowest BCUT2D eigenvalue weighted by molar-refractivity contribution is 0.415. The van der Waals surface area contributed by atoms with E-state index in [1.807, 2.05) is 25.1 Å². The Labute approximate surface area is 169 Å². The quantitative estimate of drug-likeness (QED) is 0.360. The molecule has 1 unspecified atom stereocenters. The summed E-state index contributed by atoms with van der Waals surface area (Å²) in [5.74, 6) is 1.63. The number of nitrogens with zero attached hydrogens (tertiary/aromatic N) is 3. The van der Waals surface area contributed by atoms with Gasteiger partial charge in [-0.25, -0.2) is 12.7 Å². The first-order chi connectivity index (χ1) is 13.4. The second-order valence-corrected chi connectivity index (χ2v) is 8.84. The molecule has 0 bridgehead atoms. The Morgan fingerprint density at radius 3 is 2.79 bits per heavy atom. The SMILES string of the molecule is CCN(CCCNC(=NC)NC1CCN(c2ccccc2OC)C1)S(C)(=O)=O. The third-order valence-electron chi connectivity index (χ3n) is 4.88. The van der Waals surface area contributed by atoms with E-state index in [0.29, 0.717) is 25.7 Å². The molecule has 8 nitrogen and oxygen atoms in total. The number of sulfonamides is 1. The first kappa shape index (κ1) is 22.3. The molecule has 1 aliphatic heterocycles. The van der Waals surface area contributed by atoms with Crippen LogP contribution in [-0.2, 0) is 10.0 Å². The zero-order chi connectivity index (χ0) is 20.6. The van der Waals surface area contributed by atoms with Gasteiger partial charge in [-0.05, 0) is 25.0 Å². The minimum atomic E-state index is -3.13. The average Bonchev–Trinajstić information content (AvgIpc) is 3.14. The standard InChI is InChI=1S/C19H33N5O3S/c1-5-24(28(4,25)26)13-8-12-21-19(20-2)22-16-11-14-23(15-16)17-9-6-7-10-18(17)27-3/h6-7,9-10,16H,5,8,11-15H2,1-4H3,(H2,20,21,22). The van der Waals surface area contributed by atoms with E-state index in [0.717, 1.165) is 43.3 Å². The summed E-state index contributed by atoms with van der Waals surface area (Å²) in [6.07, 6.45) is 2.98. The molecular formula is C19H33N5O3S. The van der Waals surface area contributed by atoms with Gasteiger partial charge in [0.05, 0.1) is 19.1 Å². The molecule has 1 fully saturated rings. The Bertz CT molecular complexity index is 754. The van der Waals surface area contributed by atoms with Gasteiger partial charge >= 0.3 is 0 Å². The van der Waals surface area contributed by atoms with Crippen LogP contribution in [0.5, 0.6) is 5.75 Å². The van der Waals surface area contributed by atoms with E-state index < -0.39 is 10.0 Å². The van der Waals surface area contributed by atoms with Gasteiger partial charge in [-0.1, -0.05) is 19.1 Å². The third kappa shape index (κ3) is 6.27. The number of rotatable bonds is 9. The van der Waals surface area contributed by atoms with Crippen LogP contribution >= 0.6 is 0 Å². The molecule has 2 N–H and O–H groups in total. The van der Waals surface area contributed by atoms with Crippen molar-refractivity contribution < 1.29 is 13.2 Å². The predicted octanol–water partition coefficient (Wildman–Crippen LogP) is 1.11. The van der Waals surface area contributed by atoms with Gasteiger partial charge in [-0.15, -0.1) is 0 Å². The minimum absolute atomic E-state index is 0.291. The van der Waals surface area contributed by atoms with Crippen molar-refractivity contribution in [2.75, 3.05) is 58.0 Å². The number of benzene rings is 1. The number of hydrogen-bond acceptors (Lipinski definition) is 5. The van der Waals surface area contributed by atoms with Gasteiger partial charge in [0.25, 0.3) is 0 Å². The van der Waals surface area contributed by atoms with Crippen LogP contribution in [0.2, 0.25) is 0 Å². The summed E-state index contributed by atoms with van der Waals surface area (Å²) in [6, 6.07) is 8.35. The number of para-hydroxylation sites is 2. The number of methoxy groups -OCH3 is 1. The maximum Gasteiger partial charge on any atom is 0.211 e. The molecule has 0 radical (unpaired) electrons. The molecule has 1 aromatic rings. The second-order valence-electron chi connectivity index (χ2n) is 6.86. The summed E-state index contributed by atoms with van der Waals surface area (Å²) in [5, 5.41) is 6.74. The van der Waals surface area contributed by atoms with Crippen molar-refractivity contribution in [1.82, 2.24) is 14.9 Å². The van der Waals surface area contributed by atoms with Gasteiger partial charge < -0.3 is 20.3 Å². The molecule has 1 saturated heterocycles. The smallest absolute Gasteiger partial charge is 0.211 e. The molecule has 28 heavy (non-hydrogen) atoms. The van der Waals surface area contributed by atoms with E-state index in [-0.39, 0.29) is 0 Å². The maximum absolute atomic E-state index is 11.6. The third-order valence-corrected chi connectivity index (χ3v) is 6.26. The van der Waals surface area contributed by atoms with Crippen molar-refractivity contribution in [3.8, 4) is 5.75 Å². The molecule has 1 heterocycles. The van der Waals surface area contributed by atoms with Crippen LogP contribution < -0.4 is 20.3 Å². The summed E-state index contributed by atoms with van der Waals surface area (Å²) in [5.41, 5.74) is 1.11. The molecule has 1 atom stereocenters. The molecule has 0 saturated carbocycles. The average molecular weight is 412 g/mol. The van der Waals surface area contributed by atoms with Crippen LogP contribution in [0, 0.1) is 0 Å². The van der Waals surface area contributed by atoms with E-state index in [2.05, 4.69) is 26.6 Å². The highest BCUT2D eigenvalue weighted by Crippen LogP contribution is 2.30. The fourth-order valence-electron chi connectivity index (χ4n) is 3.40. The minimum Gasteiger partial charge on any atom is -0.495 e. The summed E-state index contributed by atoms with van der Waals surface area (Å²) < 4.78 is 30.2. The molecule has 1 aromatic carbocycles. The van der Waals surface area contributed by atoms with Crippen LogP contribution in [0.15, 0.2) is 29.3 Å². The Morgan fingerprint density at radius 1 is 1.39 bits per heavy atom. The van der Waals surface area contributed by atoms with Gasteiger partial charge in [0.15, 0.2) is 5.96 Å². The second kappa shape index (κ2) is 10.5. The molecule has 2 rings (SSSR count). The molecule has 0 amide bonds. The maximum atomic E-state index is 11.6. The molecule has 158 valence electrons. The van der Waals surface area contributed by atoms with E-state index in [4.69, 9.17) is 4.74 Å². The molecule has 0 aliphatic carbocycles. The molecule has 0 aromatic heterocycles. The number of aliphatic imine (C=N–C) groups is 1. The molecular weight excluding hydrogens is 378 g/mol. The van der Waals surface area contributed by atoms with Crippen LogP contribution in [0.3, 0.4) is 0 Å². The van der Waals surface area contributed by atoms with Crippen molar-refractivity contribution in [2.24, 2.45) is 4.99 Å². The first-order valence-electron chi connectivity index (χ1n) is 9.69. The fraction of sp³-hybridized carbons (Fsp3) is 0.632. The highest BCUT2D eigenvalue weighted by molar-refractivity contribution is 7.88. The lowest BCUT2D eigenvalue weighted by Gasteiger charge is -2.22. The monoisotopic (exact) mass is 411 g/mol. The summed E-state index contributed by atoms with van der Waals surface area (Å²) in [6.45, 7) is 5.34. The summed E-state index contributed by atoms with van der Waals surface area (Å²) >= 11 is 0. The van der Waals surface area contributed by atoms with E-state index in [1.165, 1.54) is 10.6 Å². The van der Waals surface area contributed by atoms with E-state index in [1.54, 1.807) is 14.2 Å². The van der Waals surface area contributed by atoms with Gasteiger partial charge in [-0.2, -0.15) is 0 Å². The Balaban J connectivity index is 1.79. The van der Waals surface area contributed by atoms with Crippen molar-refractivity contribution in [3.05, 3.63) is 24.3 Å². The van der Waals surface area contributed by atoms with E-state index in [9.17, 15) is 8.42 Å². The molecule has 1 aliphatic rings. The van der Waals surface area contributed by atoms with Crippen LogP contribution in [0.1, 0.15) is 19.8 Å². The summed E-state index contributed by atoms with van der Waals surface area (Å²) in [4.78, 5) is 6.60. The zero-order valence-electron chi connectivity index (χ0n) is 17.3. The van der Waals surface area contributed by atoms with Crippen LogP contribution in [0.4, 0.5) is 5.69 Å². The first-order valence-corrected chi connectivity index (χ1v) is 11.5. The van der Waals surface area contributed by atoms with Gasteiger partial charge in [0.1, 0.15) is 5.75 Å². The number of ether oxygens (including phenoxy) is 1. The lowest BCUT2D eigenvalue weighted by atomic mass is 10.2. The van der Waals surface area contributed by atoms with Gasteiger partial charge in [-0.3, -0.25) is 4.99 Å².